The summed E-state index contributed by atoms with van der Waals surface area (Å²) in [4.78, 5) is 26.0. The second-order valence-corrected chi connectivity index (χ2v) is 4.74. The Bertz CT molecular complexity index is 822. The van der Waals surface area contributed by atoms with Crippen molar-refractivity contribution in [2.24, 2.45) is 0 Å². The molecule has 0 unspecified atom stereocenters. The number of hydrogen-bond donors (Lipinski definition) is 1. The van der Waals surface area contributed by atoms with Gasteiger partial charge in [0, 0.05) is 18.7 Å². The first-order valence-electron chi connectivity index (χ1n) is 6.48. The number of fused-ring (bicyclic) bond motifs is 1. The molecule has 0 atom stereocenters. The van der Waals surface area contributed by atoms with Crippen molar-refractivity contribution >= 4 is 22.4 Å². The van der Waals surface area contributed by atoms with Gasteiger partial charge in [0.15, 0.2) is 5.78 Å². The van der Waals surface area contributed by atoms with Crippen molar-refractivity contribution in [3.05, 3.63) is 76.0 Å². The van der Waals surface area contributed by atoms with Gasteiger partial charge >= 0.3 is 0 Å². The predicted octanol–water partition coefficient (Wildman–Crippen LogP) is 3.50. The van der Waals surface area contributed by atoms with Crippen LogP contribution in [0.1, 0.15) is 15.9 Å². The van der Waals surface area contributed by atoms with E-state index in [1.807, 2.05) is 30.3 Å². The van der Waals surface area contributed by atoms with E-state index in [0.29, 0.717) is 16.5 Å². The number of carbonyl (C=O) groups excluding carboxylic acids is 1. The molecule has 1 heterocycles. The maximum absolute atomic E-state index is 12.4. The fraction of sp³-hybridized carbons (Fsp3) is 0.0625. The van der Waals surface area contributed by atoms with Crippen LogP contribution in [0.2, 0.25) is 0 Å². The number of Topliss-reactive ketones (excluding diaryl/α,β-unsaturated/α-hetero) is 1. The lowest BCUT2D eigenvalue weighted by Gasteiger charge is -2.01. The zero-order valence-corrected chi connectivity index (χ0v) is 11.1. The molecule has 0 fully saturated rings. The van der Waals surface area contributed by atoms with Crippen molar-refractivity contribution in [2.75, 3.05) is 0 Å². The van der Waals surface area contributed by atoms with Crippen LogP contribution in [0.25, 0.3) is 10.9 Å². The van der Waals surface area contributed by atoms with Crippen LogP contribution in [0.4, 0.5) is 5.69 Å². The normalized spacial score (nSPS) is 10.7. The summed E-state index contributed by atoms with van der Waals surface area (Å²) in [6, 6.07) is 14.1. The number of nitro groups is 1. The van der Waals surface area contributed by atoms with E-state index in [4.69, 9.17) is 0 Å². The Labute approximate surface area is 120 Å². The largest absolute Gasteiger partial charge is 0.360 e. The first kappa shape index (κ1) is 13.1. The predicted molar refractivity (Wildman–Crippen MR) is 79.4 cm³/mol. The van der Waals surface area contributed by atoms with Gasteiger partial charge in [-0.1, -0.05) is 36.4 Å². The molecule has 0 aliphatic carbocycles. The van der Waals surface area contributed by atoms with Crippen LogP contribution in [0.15, 0.2) is 54.7 Å². The highest BCUT2D eigenvalue weighted by atomic mass is 16.6. The average molecular weight is 280 g/mol. The number of carbonyl (C=O) groups is 1. The van der Waals surface area contributed by atoms with Gasteiger partial charge in [0.05, 0.1) is 21.4 Å². The first-order valence-corrected chi connectivity index (χ1v) is 6.48. The van der Waals surface area contributed by atoms with Gasteiger partial charge in [-0.05, 0) is 11.6 Å². The molecule has 5 heteroatoms. The van der Waals surface area contributed by atoms with Crippen LogP contribution in [0.5, 0.6) is 0 Å². The molecule has 0 aliphatic heterocycles. The fourth-order valence-corrected chi connectivity index (χ4v) is 2.41. The number of ketones is 1. The molecular weight excluding hydrogens is 268 g/mol. The van der Waals surface area contributed by atoms with Crippen molar-refractivity contribution in [3.63, 3.8) is 0 Å². The number of nitrogens with one attached hydrogen (secondary N) is 1. The van der Waals surface area contributed by atoms with E-state index in [-0.39, 0.29) is 17.9 Å². The minimum atomic E-state index is -0.463. The van der Waals surface area contributed by atoms with E-state index in [1.54, 1.807) is 18.3 Å². The van der Waals surface area contributed by atoms with Gasteiger partial charge in [0.25, 0.3) is 5.69 Å². The topological polar surface area (TPSA) is 76.0 Å². The van der Waals surface area contributed by atoms with Crippen molar-refractivity contribution in [3.8, 4) is 0 Å². The van der Waals surface area contributed by atoms with Crippen LogP contribution < -0.4 is 0 Å². The third-order valence-corrected chi connectivity index (χ3v) is 3.39. The summed E-state index contributed by atoms with van der Waals surface area (Å²) in [7, 11) is 0. The highest BCUT2D eigenvalue weighted by molar-refractivity contribution is 6.11. The van der Waals surface area contributed by atoms with Gasteiger partial charge in [-0.25, -0.2) is 0 Å². The van der Waals surface area contributed by atoms with Crippen LogP contribution in [0, 0.1) is 10.1 Å². The second-order valence-electron chi connectivity index (χ2n) is 4.74. The molecule has 21 heavy (non-hydrogen) atoms. The number of nitrogens with zero attached hydrogens (tertiary/aromatic N) is 1. The quantitative estimate of drug-likeness (QED) is 0.451. The molecule has 2 aromatic carbocycles. The molecule has 1 aromatic heterocycles. The number of H-pyrrole nitrogens is 1. The lowest BCUT2D eigenvalue weighted by molar-refractivity contribution is -0.383. The molecule has 0 saturated heterocycles. The summed E-state index contributed by atoms with van der Waals surface area (Å²) in [5, 5.41) is 11.5. The summed E-state index contributed by atoms with van der Waals surface area (Å²) in [6.07, 6.45) is 1.77. The lowest BCUT2D eigenvalue weighted by Crippen LogP contribution is -2.03. The van der Waals surface area contributed by atoms with Gasteiger partial charge in [0.2, 0.25) is 0 Å². The molecule has 0 spiro atoms. The Morgan fingerprint density at radius 1 is 1.10 bits per heavy atom. The number of non-ortho nitro benzene ring substituents is 1. The summed E-state index contributed by atoms with van der Waals surface area (Å²) in [5.41, 5.74) is 1.79. The SMILES string of the molecule is O=C(Cc1ccccc1)c1c[nH]c2cccc([N+](=O)[O-])c12. The molecule has 0 bridgehead atoms. The summed E-state index contributed by atoms with van der Waals surface area (Å²) in [5.74, 6) is -0.137. The summed E-state index contributed by atoms with van der Waals surface area (Å²) >= 11 is 0. The van der Waals surface area contributed by atoms with E-state index < -0.39 is 4.92 Å². The summed E-state index contributed by atoms with van der Waals surface area (Å²) in [6.45, 7) is 0. The monoisotopic (exact) mass is 280 g/mol. The Kier molecular flexibility index (Phi) is 3.23. The Balaban J connectivity index is 2.04. The number of benzene rings is 2. The van der Waals surface area contributed by atoms with Crippen LogP contribution in [-0.4, -0.2) is 15.7 Å². The number of aromatic nitrogens is 1. The highest BCUT2D eigenvalue weighted by Crippen LogP contribution is 2.29. The van der Waals surface area contributed by atoms with Gasteiger partial charge in [0.1, 0.15) is 0 Å². The van der Waals surface area contributed by atoms with Crippen molar-refractivity contribution in [1.82, 2.24) is 4.98 Å². The van der Waals surface area contributed by atoms with E-state index >= 15 is 0 Å². The number of aromatic amines is 1. The molecule has 0 aliphatic rings. The standard InChI is InChI=1S/C16H12N2O3/c19-15(9-11-5-2-1-3-6-11)12-10-17-13-7-4-8-14(16(12)13)18(20)21/h1-8,10,17H,9H2. The maximum atomic E-state index is 12.4. The van der Waals surface area contributed by atoms with Gasteiger partial charge in [-0.2, -0.15) is 0 Å². The lowest BCUT2D eigenvalue weighted by atomic mass is 10.0. The Morgan fingerprint density at radius 3 is 2.57 bits per heavy atom. The third kappa shape index (κ3) is 2.41. The fourth-order valence-electron chi connectivity index (χ4n) is 2.41. The van der Waals surface area contributed by atoms with Gasteiger partial charge in [-0.3, -0.25) is 14.9 Å². The molecule has 0 amide bonds. The zero-order valence-electron chi connectivity index (χ0n) is 11.1. The molecule has 3 aromatic rings. The average Bonchev–Trinajstić information content (AvgIpc) is 2.92. The number of hydrogen-bond acceptors (Lipinski definition) is 3. The number of rotatable bonds is 4. The molecule has 0 radical (unpaired) electrons. The second kappa shape index (κ2) is 5.20. The molecule has 3 rings (SSSR count). The van der Waals surface area contributed by atoms with Crippen LogP contribution in [-0.2, 0) is 6.42 Å². The van der Waals surface area contributed by atoms with E-state index in [1.165, 1.54) is 6.07 Å². The molecule has 1 N–H and O–H groups in total. The minimum absolute atomic E-state index is 0.0508. The zero-order chi connectivity index (χ0) is 14.8. The maximum Gasteiger partial charge on any atom is 0.279 e. The van der Waals surface area contributed by atoms with Crippen molar-refractivity contribution < 1.29 is 9.72 Å². The van der Waals surface area contributed by atoms with E-state index in [2.05, 4.69) is 4.98 Å². The smallest absolute Gasteiger partial charge is 0.279 e. The van der Waals surface area contributed by atoms with E-state index in [9.17, 15) is 14.9 Å². The molecular formula is C16H12N2O3. The van der Waals surface area contributed by atoms with Gasteiger partial charge < -0.3 is 4.98 Å². The summed E-state index contributed by atoms with van der Waals surface area (Å²) < 4.78 is 0. The third-order valence-electron chi connectivity index (χ3n) is 3.39. The first-order chi connectivity index (χ1) is 10.2. The molecule has 5 nitrogen and oxygen atoms in total. The minimum Gasteiger partial charge on any atom is -0.360 e. The Morgan fingerprint density at radius 2 is 1.86 bits per heavy atom. The van der Waals surface area contributed by atoms with Crippen LogP contribution in [0.3, 0.4) is 0 Å². The number of nitro benzene ring substituents is 1. The van der Waals surface area contributed by atoms with Crippen LogP contribution >= 0.6 is 0 Å². The van der Waals surface area contributed by atoms with Crippen molar-refractivity contribution in [1.29, 1.82) is 0 Å². The highest BCUT2D eigenvalue weighted by Gasteiger charge is 2.20. The Hall–Kier alpha value is -2.95. The molecule has 0 saturated carbocycles. The molecule has 104 valence electrons. The van der Waals surface area contributed by atoms with Gasteiger partial charge in [-0.15, -0.1) is 0 Å². The van der Waals surface area contributed by atoms with Crippen molar-refractivity contribution in [2.45, 2.75) is 6.42 Å². The van der Waals surface area contributed by atoms with E-state index in [0.717, 1.165) is 5.56 Å².